The highest BCUT2D eigenvalue weighted by atomic mass is 79.9. The van der Waals surface area contributed by atoms with Gasteiger partial charge in [0.25, 0.3) is 0 Å². The molecule has 1 aliphatic rings. The van der Waals surface area contributed by atoms with E-state index >= 15 is 0 Å². The molecule has 1 aliphatic heterocycles. The fourth-order valence-electron chi connectivity index (χ4n) is 2.99. The van der Waals surface area contributed by atoms with Gasteiger partial charge in [-0.15, -0.1) is 10.2 Å². The minimum atomic E-state index is -4.39. The lowest BCUT2D eigenvalue weighted by atomic mass is 10.1. The summed E-state index contributed by atoms with van der Waals surface area (Å²) in [5.74, 6) is -0.419. The van der Waals surface area contributed by atoms with Crippen LogP contribution in [0.5, 0.6) is 0 Å². The molecule has 138 valence electrons. The molecule has 1 fully saturated rings. The number of benzene rings is 1. The van der Waals surface area contributed by atoms with Crippen molar-refractivity contribution in [3.8, 4) is 11.5 Å². The zero-order valence-electron chi connectivity index (χ0n) is 13.5. The molecule has 3 heterocycles. The van der Waals surface area contributed by atoms with E-state index in [1.165, 1.54) is 0 Å². The summed E-state index contributed by atoms with van der Waals surface area (Å²) in [4.78, 5) is 0. The van der Waals surface area contributed by atoms with Crippen molar-refractivity contribution in [1.82, 2.24) is 20.0 Å². The lowest BCUT2D eigenvalue weighted by molar-refractivity contribution is -0.130. The van der Waals surface area contributed by atoms with Gasteiger partial charge < -0.3 is 9.15 Å². The molecule has 2 aromatic heterocycles. The monoisotopic (exact) mass is 430 g/mol. The van der Waals surface area contributed by atoms with Gasteiger partial charge in [-0.05, 0) is 53.4 Å². The second kappa shape index (κ2) is 6.66. The number of hydrogen-bond donors (Lipinski definition) is 0. The number of aromatic nitrogens is 4. The lowest BCUT2D eigenvalue weighted by Gasteiger charge is -2.23. The van der Waals surface area contributed by atoms with Crippen LogP contribution in [0.15, 0.2) is 27.2 Å². The fourth-order valence-corrected chi connectivity index (χ4v) is 3.47. The van der Waals surface area contributed by atoms with E-state index in [2.05, 4.69) is 31.2 Å². The lowest BCUT2D eigenvalue weighted by Crippen LogP contribution is -2.19. The van der Waals surface area contributed by atoms with Crippen molar-refractivity contribution < 1.29 is 22.3 Å². The van der Waals surface area contributed by atoms with Gasteiger partial charge in [0.1, 0.15) is 11.0 Å². The van der Waals surface area contributed by atoms with E-state index in [-0.39, 0.29) is 12.1 Å². The Hall–Kier alpha value is -1.94. The number of rotatable bonds is 3. The van der Waals surface area contributed by atoms with Crippen LogP contribution >= 0.6 is 15.9 Å². The third-order valence-electron chi connectivity index (χ3n) is 4.16. The molecule has 1 atom stereocenters. The number of hydrogen-bond acceptors (Lipinski definition) is 5. The molecule has 1 saturated heterocycles. The molecule has 0 spiro atoms. The Balaban J connectivity index is 1.67. The van der Waals surface area contributed by atoms with E-state index in [1.54, 1.807) is 12.1 Å². The van der Waals surface area contributed by atoms with Gasteiger partial charge >= 0.3 is 6.18 Å². The third kappa shape index (κ3) is 3.48. The Morgan fingerprint density at radius 2 is 2.08 bits per heavy atom. The van der Waals surface area contributed by atoms with Crippen LogP contribution < -0.4 is 0 Å². The molecule has 1 aromatic carbocycles. The Labute approximate surface area is 154 Å². The Morgan fingerprint density at radius 3 is 2.81 bits per heavy atom. The Bertz CT molecular complexity index is 931. The summed E-state index contributed by atoms with van der Waals surface area (Å²) in [7, 11) is 0. The van der Waals surface area contributed by atoms with E-state index < -0.39 is 18.5 Å². The van der Waals surface area contributed by atoms with E-state index in [1.807, 2.05) is 10.7 Å². The number of ether oxygens (including phenoxy) is 1. The van der Waals surface area contributed by atoms with Crippen molar-refractivity contribution in [2.45, 2.75) is 38.1 Å². The number of halogens is 4. The average molecular weight is 431 g/mol. The Morgan fingerprint density at radius 1 is 1.23 bits per heavy atom. The molecule has 0 amide bonds. The van der Waals surface area contributed by atoms with Crippen molar-refractivity contribution in [3.63, 3.8) is 0 Å². The first-order valence-corrected chi connectivity index (χ1v) is 8.89. The first kappa shape index (κ1) is 17.5. The first-order valence-electron chi connectivity index (χ1n) is 8.09. The normalized spacial score (nSPS) is 18.5. The highest BCUT2D eigenvalue weighted by molar-refractivity contribution is 9.10. The van der Waals surface area contributed by atoms with E-state index in [0.29, 0.717) is 16.8 Å². The molecular formula is C16H14BrF3N4O2. The summed E-state index contributed by atoms with van der Waals surface area (Å²) in [5, 5.41) is 12.5. The van der Waals surface area contributed by atoms with Crippen LogP contribution in [-0.2, 0) is 11.2 Å². The highest BCUT2D eigenvalue weighted by Gasteiger charge is 2.31. The summed E-state index contributed by atoms with van der Waals surface area (Å²) in [6.45, 7) is 0.700. The summed E-state index contributed by atoms with van der Waals surface area (Å²) >= 11 is 3.43. The third-order valence-corrected chi connectivity index (χ3v) is 4.74. The number of alkyl halides is 3. The summed E-state index contributed by atoms with van der Waals surface area (Å²) < 4.78 is 50.7. The Kier molecular flexibility index (Phi) is 4.47. The molecule has 0 radical (unpaired) electrons. The van der Waals surface area contributed by atoms with Gasteiger partial charge in [-0.2, -0.15) is 18.3 Å². The van der Waals surface area contributed by atoms with Crippen LogP contribution in [0.25, 0.3) is 22.4 Å². The van der Waals surface area contributed by atoms with Crippen molar-refractivity contribution in [1.29, 1.82) is 0 Å². The van der Waals surface area contributed by atoms with Gasteiger partial charge in [0.2, 0.25) is 11.8 Å². The van der Waals surface area contributed by atoms with E-state index in [4.69, 9.17) is 9.15 Å². The van der Waals surface area contributed by atoms with Crippen molar-refractivity contribution in [2.75, 3.05) is 6.61 Å². The van der Waals surface area contributed by atoms with Crippen LogP contribution in [0.4, 0.5) is 13.2 Å². The minimum absolute atomic E-state index is 0.0414. The molecule has 4 rings (SSSR count). The quantitative estimate of drug-likeness (QED) is 0.604. The zero-order valence-corrected chi connectivity index (χ0v) is 15.0. The number of fused-ring (bicyclic) bond motifs is 1. The second-order valence-corrected chi connectivity index (χ2v) is 6.83. The predicted octanol–water partition coefficient (Wildman–Crippen LogP) is 4.65. The van der Waals surface area contributed by atoms with Gasteiger partial charge in [-0.3, -0.25) is 0 Å². The molecule has 0 bridgehead atoms. The second-order valence-electron chi connectivity index (χ2n) is 6.08. The van der Waals surface area contributed by atoms with Crippen molar-refractivity contribution in [3.05, 3.63) is 28.7 Å². The fraction of sp³-hybridized carbons (Fsp3) is 0.438. The van der Waals surface area contributed by atoms with E-state index in [9.17, 15) is 13.2 Å². The molecule has 3 aromatic rings. The molecule has 26 heavy (non-hydrogen) atoms. The minimum Gasteiger partial charge on any atom is -0.420 e. The zero-order chi connectivity index (χ0) is 18.3. The maximum absolute atomic E-state index is 12.4. The van der Waals surface area contributed by atoms with E-state index in [0.717, 1.165) is 30.2 Å². The molecule has 6 nitrogen and oxygen atoms in total. The van der Waals surface area contributed by atoms with Gasteiger partial charge in [-0.1, -0.05) is 0 Å². The molecule has 1 unspecified atom stereocenters. The van der Waals surface area contributed by atoms with Crippen LogP contribution in [0.3, 0.4) is 0 Å². The summed E-state index contributed by atoms with van der Waals surface area (Å²) in [5.41, 5.74) is 1.39. The summed E-state index contributed by atoms with van der Waals surface area (Å²) in [6, 6.07) is 5.31. The molecular weight excluding hydrogens is 417 g/mol. The molecule has 10 heteroatoms. The SMILES string of the molecule is FC(F)(F)Cc1nnc(-c2ccc3c(c2)c(Br)nn3C2CCCCO2)o1. The summed E-state index contributed by atoms with van der Waals surface area (Å²) in [6.07, 6.45) is -2.76. The van der Waals surface area contributed by atoms with Crippen LogP contribution in [0.2, 0.25) is 0 Å². The smallest absolute Gasteiger partial charge is 0.397 e. The van der Waals surface area contributed by atoms with Crippen molar-refractivity contribution >= 4 is 26.8 Å². The first-order chi connectivity index (χ1) is 12.4. The molecule has 0 N–H and O–H groups in total. The van der Waals surface area contributed by atoms with Gasteiger partial charge in [-0.25, -0.2) is 4.68 Å². The largest absolute Gasteiger partial charge is 0.420 e. The van der Waals surface area contributed by atoms with Crippen molar-refractivity contribution in [2.24, 2.45) is 0 Å². The van der Waals surface area contributed by atoms with Crippen LogP contribution in [-0.4, -0.2) is 32.8 Å². The predicted molar refractivity (Wildman–Crippen MR) is 89.3 cm³/mol. The molecule has 0 saturated carbocycles. The maximum atomic E-state index is 12.4. The van der Waals surface area contributed by atoms with Gasteiger partial charge in [0.05, 0.1) is 5.52 Å². The number of nitrogens with zero attached hydrogens (tertiary/aromatic N) is 4. The van der Waals surface area contributed by atoms with Gasteiger partial charge in [0.15, 0.2) is 6.23 Å². The topological polar surface area (TPSA) is 66.0 Å². The van der Waals surface area contributed by atoms with Crippen LogP contribution in [0.1, 0.15) is 31.4 Å². The molecule has 0 aliphatic carbocycles. The standard InChI is InChI=1S/C16H14BrF3N4O2/c17-14-10-7-9(15-22-21-12(26-15)8-16(18,19)20)4-5-11(10)24(23-14)13-3-1-2-6-25-13/h4-5,7,13H,1-3,6,8H2. The average Bonchev–Trinajstić information content (AvgIpc) is 3.19. The van der Waals surface area contributed by atoms with Crippen LogP contribution in [0, 0.1) is 0 Å². The van der Waals surface area contributed by atoms with Gasteiger partial charge in [0, 0.05) is 17.6 Å². The maximum Gasteiger partial charge on any atom is 0.397 e. The highest BCUT2D eigenvalue weighted by Crippen LogP contribution is 2.33.